The van der Waals surface area contributed by atoms with Crippen LogP contribution in [0.3, 0.4) is 0 Å². The molecule has 1 saturated heterocycles. The van der Waals surface area contributed by atoms with Gasteiger partial charge in [-0.3, -0.25) is 4.79 Å². The largest absolute Gasteiger partial charge is 0.481 e. The Kier molecular flexibility index (Phi) is 5.61. The summed E-state index contributed by atoms with van der Waals surface area (Å²) in [4.78, 5) is 24.2. The molecule has 1 heterocycles. The molecule has 0 bridgehead atoms. The third kappa shape index (κ3) is 4.44. The van der Waals surface area contributed by atoms with Gasteiger partial charge in [0.2, 0.25) is 9.84 Å². The van der Waals surface area contributed by atoms with Gasteiger partial charge in [-0.15, -0.1) is 0 Å². The Hall–Kier alpha value is -2.23. The zero-order valence-corrected chi connectivity index (χ0v) is 14.2. The molecule has 1 aromatic rings. The normalized spacial score (nSPS) is 21.2. The zero-order chi connectivity index (χ0) is 18.8. The fourth-order valence-electron chi connectivity index (χ4n) is 2.75. The van der Waals surface area contributed by atoms with Crippen LogP contribution in [0.15, 0.2) is 29.2 Å². The van der Waals surface area contributed by atoms with Crippen LogP contribution >= 0.6 is 0 Å². The number of sulfone groups is 1. The average molecular weight is 376 g/mol. The molecule has 25 heavy (non-hydrogen) atoms. The van der Waals surface area contributed by atoms with Gasteiger partial charge >= 0.3 is 17.8 Å². The molecule has 1 fully saturated rings. The van der Waals surface area contributed by atoms with E-state index in [1.165, 1.54) is 17.0 Å². The fourth-order valence-corrected chi connectivity index (χ4v) is 3.52. The predicted octanol–water partition coefficient (Wildman–Crippen LogP) is 2.26. The number of halogens is 2. The number of carbonyl (C=O) groups excluding carboxylic acids is 1. The second-order valence-electron chi connectivity index (χ2n) is 6.04. The van der Waals surface area contributed by atoms with Crippen LogP contribution in [-0.2, 0) is 14.6 Å². The van der Waals surface area contributed by atoms with Crippen molar-refractivity contribution in [3.8, 4) is 0 Å². The molecule has 2 amide bonds. The minimum Gasteiger partial charge on any atom is -0.481 e. The van der Waals surface area contributed by atoms with Crippen molar-refractivity contribution in [1.29, 1.82) is 0 Å². The quantitative estimate of drug-likeness (QED) is 0.839. The number of urea groups is 1. The molecule has 1 aliphatic heterocycles. The standard InChI is InChI=1S/C15H18F2N2O5S/c1-9-5-10(13(20)21)8-19(7-9)15(22)18-11-3-2-4-12(6-11)25(23,24)14(16)17/h2-4,6,9-10,14H,5,7-8H2,1H3,(H,18,22)(H,20,21). The number of likely N-dealkylation sites (tertiary alicyclic amines) is 1. The van der Waals surface area contributed by atoms with Crippen LogP contribution < -0.4 is 5.32 Å². The van der Waals surface area contributed by atoms with Crippen LogP contribution in [0.5, 0.6) is 0 Å². The topological polar surface area (TPSA) is 104 Å². The van der Waals surface area contributed by atoms with E-state index < -0.39 is 38.4 Å². The molecule has 1 aromatic carbocycles. The molecule has 138 valence electrons. The second-order valence-corrected chi connectivity index (χ2v) is 7.96. The summed E-state index contributed by atoms with van der Waals surface area (Å²) < 4.78 is 48.2. The third-order valence-corrected chi connectivity index (χ3v) is 5.32. The van der Waals surface area contributed by atoms with Crippen molar-refractivity contribution in [3.63, 3.8) is 0 Å². The Bertz CT molecular complexity index is 769. The van der Waals surface area contributed by atoms with Crippen molar-refractivity contribution >= 4 is 27.5 Å². The van der Waals surface area contributed by atoms with Gasteiger partial charge in [-0.05, 0) is 30.5 Å². The van der Waals surface area contributed by atoms with E-state index in [1.54, 1.807) is 0 Å². The summed E-state index contributed by atoms with van der Waals surface area (Å²) in [5.74, 6) is -5.24. The first-order chi connectivity index (χ1) is 11.6. The zero-order valence-electron chi connectivity index (χ0n) is 13.4. The van der Waals surface area contributed by atoms with Gasteiger partial charge in [0.1, 0.15) is 0 Å². The molecule has 2 atom stereocenters. The molecule has 2 N–H and O–H groups in total. The summed E-state index contributed by atoms with van der Waals surface area (Å²) >= 11 is 0. The number of anilines is 1. The van der Waals surface area contributed by atoms with Crippen LogP contribution in [0.1, 0.15) is 13.3 Å². The van der Waals surface area contributed by atoms with Crippen LogP contribution in [0.25, 0.3) is 0 Å². The molecule has 1 aliphatic rings. The summed E-state index contributed by atoms with van der Waals surface area (Å²) in [5.41, 5.74) is 0.0387. The van der Waals surface area contributed by atoms with Crippen LogP contribution in [0, 0.1) is 11.8 Å². The fraction of sp³-hybridized carbons (Fsp3) is 0.467. The van der Waals surface area contributed by atoms with E-state index in [2.05, 4.69) is 5.32 Å². The van der Waals surface area contributed by atoms with E-state index in [-0.39, 0.29) is 18.2 Å². The van der Waals surface area contributed by atoms with Gasteiger partial charge in [0.15, 0.2) is 0 Å². The van der Waals surface area contributed by atoms with Gasteiger partial charge in [0.25, 0.3) is 0 Å². The highest BCUT2D eigenvalue weighted by Gasteiger charge is 2.32. The van der Waals surface area contributed by atoms with E-state index in [4.69, 9.17) is 5.11 Å². The smallest absolute Gasteiger partial charge is 0.341 e. The number of nitrogens with one attached hydrogen (secondary N) is 1. The lowest BCUT2D eigenvalue weighted by atomic mass is 9.91. The van der Waals surface area contributed by atoms with Crippen molar-refractivity contribution in [1.82, 2.24) is 4.90 Å². The Morgan fingerprint density at radius 1 is 1.32 bits per heavy atom. The van der Waals surface area contributed by atoms with E-state index in [0.717, 1.165) is 12.1 Å². The number of carboxylic acids is 1. The first-order valence-electron chi connectivity index (χ1n) is 7.52. The molecule has 0 aromatic heterocycles. The van der Waals surface area contributed by atoms with Crippen molar-refractivity contribution in [2.75, 3.05) is 18.4 Å². The van der Waals surface area contributed by atoms with Gasteiger partial charge in [-0.2, -0.15) is 8.78 Å². The molecule has 0 spiro atoms. The Morgan fingerprint density at radius 2 is 2.00 bits per heavy atom. The van der Waals surface area contributed by atoms with E-state index in [1.807, 2.05) is 6.92 Å². The lowest BCUT2D eigenvalue weighted by Crippen LogP contribution is -2.47. The molecule has 7 nitrogen and oxygen atoms in total. The molecule has 0 aliphatic carbocycles. The highest BCUT2D eigenvalue weighted by Crippen LogP contribution is 2.24. The van der Waals surface area contributed by atoms with Gasteiger partial charge in [0, 0.05) is 18.8 Å². The molecule has 2 unspecified atom stereocenters. The lowest BCUT2D eigenvalue weighted by Gasteiger charge is -2.34. The number of piperidine rings is 1. The van der Waals surface area contributed by atoms with Gasteiger partial charge in [0.05, 0.1) is 10.8 Å². The molecule has 0 saturated carbocycles. The first-order valence-corrected chi connectivity index (χ1v) is 9.06. The summed E-state index contributed by atoms with van der Waals surface area (Å²) in [6.45, 7) is 2.20. The predicted molar refractivity (Wildman–Crippen MR) is 85.1 cm³/mol. The van der Waals surface area contributed by atoms with Crippen LogP contribution in [0.2, 0.25) is 0 Å². The number of aliphatic carboxylic acids is 1. The summed E-state index contributed by atoms with van der Waals surface area (Å²) in [5, 5.41) is 11.6. The Balaban J connectivity index is 2.14. The highest BCUT2D eigenvalue weighted by atomic mass is 32.2. The first kappa shape index (κ1) is 19.1. The summed E-state index contributed by atoms with van der Waals surface area (Å²) in [6.07, 6.45) is 0.460. The second kappa shape index (κ2) is 7.34. The number of hydrogen-bond donors (Lipinski definition) is 2. The third-order valence-electron chi connectivity index (χ3n) is 3.94. The van der Waals surface area contributed by atoms with Crippen LogP contribution in [0.4, 0.5) is 19.3 Å². The van der Waals surface area contributed by atoms with Crippen LogP contribution in [-0.4, -0.2) is 49.3 Å². The molecule has 0 radical (unpaired) electrons. The summed E-state index contributed by atoms with van der Waals surface area (Å²) in [6, 6.07) is 3.96. The van der Waals surface area contributed by atoms with Crippen molar-refractivity contribution in [2.24, 2.45) is 11.8 Å². The minimum absolute atomic E-state index is 0.00820. The number of carboxylic acid groups (broad SMARTS) is 1. The van der Waals surface area contributed by atoms with E-state index >= 15 is 0 Å². The minimum atomic E-state index is -4.76. The number of alkyl halides is 2. The van der Waals surface area contributed by atoms with Crippen molar-refractivity contribution in [2.45, 2.75) is 24.0 Å². The average Bonchev–Trinajstić information content (AvgIpc) is 2.54. The van der Waals surface area contributed by atoms with Gasteiger partial charge in [-0.25, -0.2) is 13.2 Å². The number of rotatable bonds is 4. The number of hydrogen-bond acceptors (Lipinski definition) is 4. The molecule has 2 rings (SSSR count). The van der Waals surface area contributed by atoms with Gasteiger partial charge < -0.3 is 15.3 Å². The maximum absolute atomic E-state index is 12.6. The van der Waals surface area contributed by atoms with Crippen molar-refractivity contribution in [3.05, 3.63) is 24.3 Å². The maximum atomic E-state index is 12.6. The number of amides is 2. The van der Waals surface area contributed by atoms with Crippen molar-refractivity contribution < 1.29 is 31.9 Å². The molecule has 10 heteroatoms. The Labute approximate surface area is 143 Å². The van der Waals surface area contributed by atoms with E-state index in [0.29, 0.717) is 13.0 Å². The van der Waals surface area contributed by atoms with Gasteiger partial charge in [-0.1, -0.05) is 13.0 Å². The summed E-state index contributed by atoms with van der Waals surface area (Å²) in [7, 11) is -4.76. The maximum Gasteiger partial charge on any atom is 0.341 e. The van der Waals surface area contributed by atoms with E-state index in [9.17, 15) is 26.8 Å². The highest BCUT2D eigenvalue weighted by molar-refractivity contribution is 7.91. The number of carbonyl (C=O) groups is 2. The number of benzene rings is 1. The molecular formula is C15H18F2N2O5S. The monoisotopic (exact) mass is 376 g/mol. The lowest BCUT2D eigenvalue weighted by molar-refractivity contribution is -0.143. The Morgan fingerprint density at radius 3 is 2.60 bits per heavy atom. The molecular weight excluding hydrogens is 358 g/mol. The SMILES string of the molecule is CC1CC(C(=O)O)CN(C(=O)Nc2cccc(S(=O)(=O)C(F)F)c2)C1. The number of nitrogens with zero attached hydrogens (tertiary/aromatic N) is 1.